The van der Waals surface area contributed by atoms with Crippen LogP contribution in [0.25, 0.3) is 0 Å². The number of hydrogen-bond donors (Lipinski definition) is 3. The number of nitrogens with one attached hydrogen (secondary N) is 2. The lowest BCUT2D eigenvalue weighted by Crippen LogP contribution is -2.46. The first-order chi connectivity index (χ1) is 9.45. The van der Waals surface area contributed by atoms with Gasteiger partial charge in [0.2, 0.25) is 11.8 Å². The standard InChI is InChI=1S/C15H23N3O2/c1-4-8-17-15(20)11(3)18-14(19)10(2)12-6-5-7-13(16)9-12/h5-7,9-11H,4,8,16H2,1-3H3,(H,17,20)(H,18,19). The van der Waals surface area contributed by atoms with E-state index in [1.54, 1.807) is 26.0 Å². The first kappa shape index (κ1) is 16.0. The Bertz CT molecular complexity index is 474. The molecule has 5 heteroatoms. The molecular formula is C15H23N3O2. The summed E-state index contributed by atoms with van der Waals surface area (Å²) in [5.41, 5.74) is 7.16. The second kappa shape index (κ2) is 7.53. The SMILES string of the molecule is CCCNC(=O)C(C)NC(=O)C(C)c1cccc(N)c1. The highest BCUT2D eigenvalue weighted by atomic mass is 16.2. The van der Waals surface area contributed by atoms with Gasteiger partial charge in [0.15, 0.2) is 0 Å². The lowest BCUT2D eigenvalue weighted by Gasteiger charge is -2.17. The monoisotopic (exact) mass is 277 g/mol. The highest BCUT2D eigenvalue weighted by Crippen LogP contribution is 2.17. The van der Waals surface area contributed by atoms with Gasteiger partial charge in [-0.05, 0) is 38.0 Å². The van der Waals surface area contributed by atoms with Crippen LogP contribution in [-0.2, 0) is 9.59 Å². The third kappa shape index (κ3) is 4.57. The average Bonchev–Trinajstić information content (AvgIpc) is 2.43. The van der Waals surface area contributed by atoms with E-state index in [4.69, 9.17) is 5.73 Å². The van der Waals surface area contributed by atoms with Gasteiger partial charge in [-0.15, -0.1) is 0 Å². The second-order valence-corrected chi connectivity index (χ2v) is 4.91. The Morgan fingerprint density at radius 3 is 2.55 bits per heavy atom. The van der Waals surface area contributed by atoms with Crippen molar-refractivity contribution in [3.05, 3.63) is 29.8 Å². The van der Waals surface area contributed by atoms with Crippen LogP contribution >= 0.6 is 0 Å². The van der Waals surface area contributed by atoms with Crippen LogP contribution in [0.1, 0.15) is 38.7 Å². The summed E-state index contributed by atoms with van der Waals surface area (Å²) >= 11 is 0. The second-order valence-electron chi connectivity index (χ2n) is 4.91. The molecule has 0 bridgehead atoms. The van der Waals surface area contributed by atoms with E-state index in [1.807, 2.05) is 19.1 Å². The molecule has 2 unspecified atom stereocenters. The van der Waals surface area contributed by atoms with Crippen molar-refractivity contribution in [2.45, 2.75) is 39.2 Å². The molecule has 1 aromatic carbocycles. The van der Waals surface area contributed by atoms with Crippen molar-refractivity contribution in [1.82, 2.24) is 10.6 Å². The summed E-state index contributed by atoms with van der Waals surface area (Å²) in [5, 5.41) is 5.47. The summed E-state index contributed by atoms with van der Waals surface area (Å²) in [7, 11) is 0. The Morgan fingerprint density at radius 2 is 1.95 bits per heavy atom. The topological polar surface area (TPSA) is 84.2 Å². The quantitative estimate of drug-likeness (QED) is 0.687. The number of carbonyl (C=O) groups is 2. The normalized spacial score (nSPS) is 13.3. The molecule has 0 radical (unpaired) electrons. The van der Waals surface area contributed by atoms with Gasteiger partial charge in [0, 0.05) is 12.2 Å². The zero-order valence-corrected chi connectivity index (χ0v) is 12.3. The Balaban J connectivity index is 2.59. The fourth-order valence-electron chi connectivity index (χ4n) is 1.78. The summed E-state index contributed by atoms with van der Waals surface area (Å²) in [4.78, 5) is 23.8. The Morgan fingerprint density at radius 1 is 1.25 bits per heavy atom. The minimum absolute atomic E-state index is 0.167. The van der Waals surface area contributed by atoms with Crippen LogP contribution < -0.4 is 16.4 Å². The Labute approximate surface area is 119 Å². The van der Waals surface area contributed by atoms with Gasteiger partial charge in [0.05, 0.1) is 5.92 Å². The van der Waals surface area contributed by atoms with Crippen LogP contribution in [-0.4, -0.2) is 24.4 Å². The zero-order valence-electron chi connectivity index (χ0n) is 12.3. The van der Waals surface area contributed by atoms with Gasteiger partial charge in [0.25, 0.3) is 0 Å². The molecule has 110 valence electrons. The molecule has 0 aliphatic carbocycles. The lowest BCUT2D eigenvalue weighted by atomic mass is 9.99. The molecule has 0 aliphatic heterocycles. The minimum atomic E-state index is -0.544. The predicted octanol–water partition coefficient (Wildman–Crippen LogP) is 1.40. The summed E-state index contributed by atoms with van der Waals surface area (Å²) < 4.78 is 0. The molecule has 2 amide bonds. The van der Waals surface area contributed by atoms with Crippen molar-refractivity contribution >= 4 is 17.5 Å². The van der Waals surface area contributed by atoms with Gasteiger partial charge in [-0.25, -0.2) is 0 Å². The molecule has 2 atom stereocenters. The Kier molecular flexibility index (Phi) is 6.03. The summed E-state index contributed by atoms with van der Waals surface area (Å²) in [6.45, 7) is 6.06. The van der Waals surface area contributed by atoms with Gasteiger partial charge in [-0.2, -0.15) is 0 Å². The molecule has 0 saturated carbocycles. The fraction of sp³-hybridized carbons (Fsp3) is 0.467. The molecule has 1 rings (SSSR count). The molecule has 5 nitrogen and oxygen atoms in total. The van der Waals surface area contributed by atoms with Crippen molar-refractivity contribution in [3.8, 4) is 0 Å². The van der Waals surface area contributed by atoms with Crippen LogP contribution in [0.3, 0.4) is 0 Å². The fourth-order valence-corrected chi connectivity index (χ4v) is 1.78. The van der Waals surface area contributed by atoms with Crippen LogP contribution in [0.2, 0.25) is 0 Å². The average molecular weight is 277 g/mol. The number of nitrogens with two attached hydrogens (primary N) is 1. The van der Waals surface area contributed by atoms with E-state index in [2.05, 4.69) is 10.6 Å². The molecule has 0 saturated heterocycles. The van der Waals surface area contributed by atoms with Crippen molar-refractivity contribution in [2.24, 2.45) is 0 Å². The summed E-state index contributed by atoms with van der Waals surface area (Å²) in [6.07, 6.45) is 0.867. The summed E-state index contributed by atoms with van der Waals surface area (Å²) in [5.74, 6) is -0.699. The summed E-state index contributed by atoms with van der Waals surface area (Å²) in [6, 6.07) is 6.66. The molecule has 0 aliphatic rings. The van der Waals surface area contributed by atoms with Crippen LogP contribution in [0.15, 0.2) is 24.3 Å². The maximum Gasteiger partial charge on any atom is 0.242 e. The van der Waals surface area contributed by atoms with E-state index in [0.717, 1.165) is 12.0 Å². The van der Waals surface area contributed by atoms with E-state index in [1.165, 1.54) is 0 Å². The lowest BCUT2D eigenvalue weighted by molar-refractivity contribution is -0.129. The molecule has 0 spiro atoms. The predicted molar refractivity (Wildman–Crippen MR) is 80.2 cm³/mol. The van der Waals surface area contributed by atoms with Gasteiger partial charge in [0.1, 0.15) is 6.04 Å². The number of hydrogen-bond acceptors (Lipinski definition) is 3. The molecule has 1 aromatic rings. The molecular weight excluding hydrogens is 254 g/mol. The van der Waals surface area contributed by atoms with Crippen LogP contribution in [0, 0.1) is 0 Å². The first-order valence-electron chi connectivity index (χ1n) is 6.89. The maximum absolute atomic E-state index is 12.1. The van der Waals surface area contributed by atoms with Gasteiger partial charge in [-0.3, -0.25) is 9.59 Å². The van der Waals surface area contributed by atoms with Crippen LogP contribution in [0.4, 0.5) is 5.69 Å². The largest absolute Gasteiger partial charge is 0.399 e. The van der Waals surface area contributed by atoms with E-state index < -0.39 is 6.04 Å². The molecule has 0 heterocycles. The number of amides is 2. The van der Waals surface area contributed by atoms with Gasteiger partial charge < -0.3 is 16.4 Å². The number of carbonyl (C=O) groups excluding carboxylic acids is 2. The minimum Gasteiger partial charge on any atom is -0.399 e. The zero-order chi connectivity index (χ0) is 15.1. The highest BCUT2D eigenvalue weighted by molar-refractivity contribution is 5.90. The van der Waals surface area contributed by atoms with Gasteiger partial charge >= 0.3 is 0 Å². The van der Waals surface area contributed by atoms with Crippen molar-refractivity contribution in [3.63, 3.8) is 0 Å². The van der Waals surface area contributed by atoms with E-state index in [0.29, 0.717) is 12.2 Å². The Hall–Kier alpha value is -2.04. The molecule has 0 aromatic heterocycles. The first-order valence-corrected chi connectivity index (χ1v) is 6.89. The van der Waals surface area contributed by atoms with Gasteiger partial charge in [-0.1, -0.05) is 19.1 Å². The molecule has 4 N–H and O–H groups in total. The van der Waals surface area contributed by atoms with Crippen LogP contribution in [0.5, 0.6) is 0 Å². The van der Waals surface area contributed by atoms with E-state index in [-0.39, 0.29) is 17.7 Å². The maximum atomic E-state index is 12.1. The van der Waals surface area contributed by atoms with Crippen molar-refractivity contribution < 1.29 is 9.59 Å². The highest BCUT2D eigenvalue weighted by Gasteiger charge is 2.20. The molecule has 0 fully saturated rings. The van der Waals surface area contributed by atoms with E-state index in [9.17, 15) is 9.59 Å². The molecule has 20 heavy (non-hydrogen) atoms. The van der Waals surface area contributed by atoms with Crippen molar-refractivity contribution in [1.29, 1.82) is 0 Å². The number of benzene rings is 1. The number of nitrogen functional groups attached to an aromatic ring is 1. The third-order valence-electron chi connectivity index (χ3n) is 3.11. The third-order valence-corrected chi connectivity index (χ3v) is 3.11. The van der Waals surface area contributed by atoms with E-state index >= 15 is 0 Å². The number of rotatable bonds is 6. The number of anilines is 1. The van der Waals surface area contributed by atoms with Crippen molar-refractivity contribution in [2.75, 3.05) is 12.3 Å². The smallest absolute Gasteiger partial charge is 0.242 e.